The van der Waals surface area contributed by atoms with Crippen molar-refractivity contribution < 1.29 is 9.18 Å². The predicted octanol–water partition coefficient (Wildman–Crippen LogP) is 3.92. The number of hydrogen-bond donors (Lipinski definition) is 0. The second kappa shape index (κ2) is 7.97. The highest BCUT2D eigenvalue weighted by atomic mass is 32.1. The molecule has 4 rings (SSSR count). The largest absolute Gasteiger partial charge is 0.340 e. The molecule has 1 amide bonds. The summed E-state index contributed by atoms with van der Waals surface area (Å²) < 4.78 is 14.7. The standard InChI is InChI=1S/C22H18FN3O2S/c1-25(11-15-6-5-9-17(23)10-15)19(27)12-26-14-24-21-20(22(26)28)18(13-29-21)16-7-3-2-4-8-16/h2-10,13-14H,11-12H2,1H3. The van der Waals surface area contributed by atoms with Gasteiger partial charge in [0.25, 0.3) is 5.56 Å². The Balaban J connectivity index is 1.60. The van der Waals surface area contributed by atoms with E-state index in [1.54, 1.807) is 19.2 Å². The van der Waals surface area contributed by atoms with E-state index in [1.165, 1.54) is 39.3 Å². The third-order valence-electron chi connectivity index (χ3n) is 4.69. The summed E-state index contributed by atoms with van der Waals surface area (Å²) in [6.07, 6.45) is 1.41. The van der Waals surface area contributed by atoms with Crippen molar-refractivity contribution >= 4 is 27.5 Å². The average molecular weight is 407 g/mol. The lowest BCUT2D eigenvalue weighted by molar-refractivity contribution is -0.131. The number of thiophene rings is 1. The maximum Gasteiger partial charge on any atom is 0.263 e. The Morgan fingerprint density at radius 1 is 1.17 bits per heavy atom. The number of likely N-dealkylation sites (N-methyl/N-ethyl adjacent to an activating group) is 1. The number of rotatable bonds is 5. The number of benzene rings is 2. The Morgan fingerprint density at radius 2 is 1.97 bits per heavy atom. The SMILES string of the molecule is CN(Cc1cccc(F)c1)C(=O)Cn1cnc2scc(-c3ccccc3)c2c1=O. The molecule has 2 aromatic heterocycles. The molecule has 0 radical (unpaired) electrons. The van der Waals surface area contributed by atoms with Crippen LogP contribution in [-0.4, -0.2) is 27.4 Å². The molecule has 0 aliphatic carbocycles. The first kappa shape index (κ1) is 19.0. The molecule has 146 valence electrons. The lowest BCUT2D eigenvalue weighted by atomic mass is 10.1. The van der Waals surface area contributed by atoms with Crippen LogP contribution >= 0.6 is 11.3 Å². The van der Waals surface area contributed by atoms with Crippen molar-refractivity contribution in [3.05, 3.63) is 88.0 Å². The Morgan fingerprint density at radius 3 is 2.72 bits per heavy atom. The van der Waals surface area contributed by atoms with Crippen LogP contribution in [0.15, 0.2) is 71.1 Å². The van der Waals surface area contributed by atoms with Crippen LogP contribution in [0.5, 0.6) is 0 Å². The lowest BCUT2D eigenvalue weighted by Crippen LogP contribution is -2.33. The van der Waals surface area contributed by atoms with Gasteiger partial charge >= 0.3 is 0 Å². The number of fused-ring (bicyclic) bond motifs is 1. The maximum atomic E-state index is 13.4. The number of carbonyl (C=O) groups excluding carboxylic acids is 1. The van der Waals surface area contributed by atoms with E-state index in [1.807, 2.05) is 35.7 Å². The molecule has 2 heterocycles. The van der Waals surface area contributed by atoms with Crippen molar-refractivity contribution in [3.63, 3.8) is 0 Å². The van der Waals surface area contributed by atoms with E-state index >= 15 is 0 Å². The van der Waals surface area contributed by atoms with Gasteiger partial charge in [-0.3, -0.25) is 14.2 Å². The summed E-state index contributed by atoms with van der Waals surface area (Å²) in [7, 11) is 1.63. The van der Waals surface area contributed by atoms with Crippen molar-refractivity contribution in [1.29, 1.82) is 0 Å². The van der Waals surface area contributed by atoms with Crippen LogP contribution in [0.25, 0.3) is 21.3 Å². The van der Waals surface area contributed by atoms with Crippen molar-refractivity contribution in [1.82, 2.24) is 14.5 Å². The second-order valence-corrected chi connectivity index (χ2v) is 7.61. The molecular weight excluding hydrogens is 389 g/mol. The van der Waals surface area contributed by atoms with Gasteiger partial charge in [0.15, 0.2) is 0 Å². The van der Waals surface area contributed by atoms with Gasteiger partial charge in [0.05, 0.1) is 11.7 Å². The Bertz CT molecular complexity index is 1230. The van der Waals surface area contributed by atoms with Gasteiger partial charge in [-0.15, -0.1) is 11.3 Å². The van der Waals surface area contributed by atoms with Gasteiger partial charge < -0.3 is 4.90 Å². The molecule has 7 heteroatoms. The Hall–Kier alpha value is -3.32. The molecule has 29 heavy (non-hydrogen) atoms. The minimum Gasteiger partial charge on any atom is -0.340 e. The van der Waals surface area contributed by atoms with Crippen LogP contribution in [0.2, 0.25) is 0 Å². The third kappa shape index (κ3) is 3.95. The Kier molecular flexibility index (Phi) is 5.22. The van der Waals surface area contributed by atoms with Crippen molar-refractivity contribution in [2.75, 3.05) is 7.05 Å². The van der Waals surface area contributed by atoms with Crippen LogP contribution in [0.4, 0.5) is 4.39 Å². The molecule has 0 bridgehead atoms. The first-order chi connectivity index (χ1) is 14.0. The molecule has 2 aromatic carbocycles. The normalized spacial score (nSPS) is 11.0. The average Bonchev–Trinajstić information content (AvgIpc) is 3.15. The first-order valence-corrected chi connectivity index (χ1v) is 9.91. The molecule has 0 atom stereocenters. The highest BCUT2D eigenvalue weighted by Crippen LogP contribution is 2.30. The minimum absolute atomic E-state index is 0.127. The third-order valence-corrected chi connectivity index (χ3v) is 5.57. The summed E-state index contributed by atoms with van der Waals surface area (Å²) in [4.78, 5) is 32.2. The van der Waals surface area contributed by atoms with E-state index in [2.05, 4.69) is 4.98 Å². The number of carbonyl (C=O) groups is 1. The molecule has 0 spiro atoms. The van der Waals surface area contributed by atoms with E-state index in [-0.39, 0.29) is 30.4 Å². The summed E-state index contributed by atoms with van der Waals surface area (Å²) in [6, 6.07) is 15.7. The van der Waals surface area contributed by atoms with Gasteiger partial charge in [0.1, 0.15) is 17.2 Å². The van der Waals surface area contributed by atoms with Gasteiger partial charge in [-0.25, -0.2) is 9.37 Å². The van der Waals surface area contributed by atoms with Crippen molar-refractivity contribution in [3.8, 4) is 11.1 Å². The molecule has 0 unspecified atom stereocenters. The fourth-order valence-corrected chi connectivity index (χ4v) is 4.08. The topological polar surface area (TPSA) is 55.2 Å². The van der Waals surface area contributed by atoms with Crippen LogP contribution in [-0.2, 0) is 17.9 Å². The van der Waals surface area contributed by atoms with Crippen molar-refractivity contribution in [2.45, 2.75) is 13.1 Å². The van der Waals surface area contributed by atoms with Gasteiger partial charge in [-0.1, -0.05) is 42.5 Å². The van der Waals surface area contributed by atoms with Crippen LogP contribution in [0.3, 0.4) is 0 Å². The van der Waals surface area contributed by atoms with Crippen LogP contribution < -0.4 is 5.56 Å². The molecule has 0 aliphatic rings. The summed E-state index contributed by atoms with van der Waals surface area (Å²) >= 11 is 1.40. The number of nitrogens with zero attached hydrogens (tertiary/aromatic N) is 3. The predicted molar refractivity (Wildman–Crippen MR) is 112 cm³/mol. The highest BCUT2D eigenvalue weighted by Gasteiger charge is 2.16. The molecule has 0 aliphatic heterocycles. The van der Waals surface area contributed by atoms with Gasteiger partial charge in [0, 0.05) is 24.5 Å². The van der Waals surface area contributed by atoms with Crippen molar-refractivity contribution in [2.24, 2.45) is 0 Å². The Labute approximate surface area is 170 Å². The summed E-state index contributed by atoms with van der Waals surface area (Å²) in [5.41, 5.74) is 2.19. The molecule has 5 nitrogen and oxygen atoms in total. The highest BCUT2D eigenvalue weighted by molar-refractivity contribution is 7.17. The monoisotopic (exact) mass is 407 g/mol. The van der Waals surface area contributed by atoms with Gasteiger partial charge in [-0.2, -0.15) is 0 Å². The van der Waals surface area contributed by atoms with E-state index in [4.69, 9.17) is 0 Å². The van der Waals surface area contributed by atoms with Gasteiger partial charge in [-0.05, 0) is 23.3 Å². The molecule has 0 saturated heterocycles. The summed E-state index contributed by atoms with van der Waals surface area (Å²) in [5.74, 6) is -0.603. The zero-order valence-corrected chi connectivity index (χ0v) is 16.5. The first-order valence-electron chi connectivity index (χ1n) is 9.03. The second-order valence-electron chi connectivity index (χ2n) is 6.75. The fraction of sp³-hybridized carbons (Fsp3) is 0.136. The smallest absolute Gasteiger partial charge is 0.263 e. The minimum atomic E-state index is -0.347. The molecule has 0 saturated carbocycles. The zero-order valence-electron chi connectivity index (χ0n) is 15.7. The van der Waals surface area contributed by atoms with Crippen LogP contribution in [0.1, 0.15) is 5.56 Å². The number of hydrogen-bond acceptors (Lipinski definition) is 4. The molecular formula is C22H18FN3O2S. The van der Waals surface area contributed by atoms with E-state index in [9.17, 15) is 14.0 Å². The fourth-order valence-electron chi connectivity index (χ4n) is 3.17. The zero-order chi connectivity index (χ0) is 20.4. The quantitative estimate of drug-likeness (QED) is 0.504. The molecule has 0 fully saturated rings. The number of amides is 1. The summed E-state index contributed by atoms with van der Waals surface area (Å²) in [5, 5.41) is 2.43. The molecule has 0 N–H and O–H groups in total. The maximum absolute atomic E-state index is 13.4. The van der Waals surface area contributed by atoms with Gasteiger partial charge in [0.2, 0.25) is 5.91 Å². The van der Waals surface area contributed by atoms with E-state index < -0.39 is 0 Å². The number of aromatic nitrogens is 2. The van der Waals surface area contributed by atoms with E-state index in [0.29, 0.717) is 15.8 Å². The lowest BCUT2D eigenvalue weighted by Gasteiger charge is -2.18. The van der Waals surface area contributed by atoms with E-state index in [0.717, 1.165) is 11.1 Å². The summed E-state index contributed by atoms with van der Waals surface area (Å²) in [6.45, 7) is 0.131. The number of halogens is 1. The molecule has 4 aromatic rings. The van der Waals surface area contributed by atoms with Crippen LogP contribution in [0, 0.1) is 5.82 Å².